The van der Waals surface area contributed by atoms with Gasteiger partial charge < -0.3 is 21.1 Å². The first-order valence-electron chi connectivity index (χ1n) is 8.59. The predicted octanol–water partition coefficient (Wildman–Crippen LogP) is 2.30. The SMILES string of the molecule is Cl.Cl.NC[C@H]1CC[C@@H](C(=O)NCc2ccc(NC(=O)c3ccncc3)cc2)O1. The summed E-state index contributed by atoms with van der Waals surface area (Å²) in [7, 11) is 0. The van der Waals surface area contributed by atoms with Gasteiger partial charge in [0.15, 0.2) is 0 Å². The number of rotatable bonds is 6. The van der Waals surface area contributed by atoms with E-state index < -0.39 is 6.10 Å². The fourth-order valence-electron chi connectivity index (χ4n) is 2.79. The zero-order valence-electron chi connectivity index (χ0n) is 15.2. The molecule has 2 aromatic rings. The van der Waals surface area contributed by atoms with Gasteiger partial charge >= 0.3 is 0 Å². The molecule has 1 aromatic heterocycles. The van der Waals surface area contributed by atoms with Crippen molar-refractivity contribution in [2.45, 2.75) is 31.6 Å². The minimum Gasteiger partial charge on any atom is -0.364 e. The third-order valence-corrected chi connectivity index (χ3v) is 4.28. The van der Waals surface area contributed by atoms with Gasteiger partial charge in [0, 0.05) is 36.7 Å². The molecule has 1 fully saturated rings. The number of carbonyl (C=O) groups is 2. The smallest absolute Gasteiger partial charge is 0.255 e. The van der Waals surface area contributed by atoms with E-state index in [-0.39, 0.29) is 42.7 Å². The van der Waals surface area contributed by atoms with Crippen molar-refractivity contribution in [2.24, 2.45) is 5.73 Å². The number of nitrogens with zero attached hydrogens (tertiary/aromatic N) is 1. The molecule has 2 amide bonds. The van der Waals surface area contributed by atoms with Gasteiger partial charge in [0.05, 0.1) is 6.10 Å². The normalized spacial score (nSPS) is 17.8. The van der Waals surface area contributed by atoms with Gasteiger partial charge in [0.2, 0.25) is 5.91 Å². The molecule has 0 bridgehead atoms. The highest BCUT2D eigenvalue weighted by Crippen LogP contribution is 2.19. The van der Waals surface area contributed by atoms with E-state index in [0.29, 0.717) is 30.8 Å². The van der Waals surface area contributed by atoms with Gasteiger partial charge in [-0.3, -0.25) is 14.6 Å². The highest BCUT2D eigenvalue weighted by Gasteiger charge is 2.29. The monoisotopic (exact) mass is 426 g/mol. The van der Waals surface area contributed by atoms with Crippen molar-refractivity contribution in [3.8, 4) is 0 Å². The number of hydrogen-bond acceptors (Lipinski definition) is 5. The Morgan fingerprint density at radius 2 is 1.75 bits per heavy atom. The molecule has 2 heterocycles. The van der Waals surface area contributed by atoms with Crippen LogP contribution in [-0.2, 0) is 16.1 Å². The average Bonchev–Trinajstić information content (AvgIpc) is 3.17. The summed E-state index contributed by atoms with van der Waals surface area (Å²) < 4.78 is 5.58. The third kappa shape index (κ3) is 6.45. The number of nitrogens with one attached hydrogen (secondary N) is 2. The summed E-state index contributed by atoms with van der Waals surface area (Å²) in [5.74, 6) is -0.308. The van der Waals surface area contributed by atoms with Crippen molar-refractivity contribution in [2.75, 3.05) is 11.9 Å². The van der Waals surface area contributed by atoms with E-state index in [1.54, 1.807) is 36.7 Å². The molecule has 1 saturated heterocycles. The summed E-state index contributed by atoms with van der Waals surface area (Å²) in [4.78, 5) is 28.1. The molecule has 4 N–H and O–H groups in total. The standard InChI is InChI=1S/C19H22N4O3.2ClH/c20-11-16-5-6-17(26-16)19(25)22-12-13-1-3-15(4-2-13)23-18(24)14-7-9-21-10-8-14;;/h1-4,7-10,16-17H,5-6,11-12,20H2,(H,22,25)(H,23,24);2*1H/t16-,17+;;/m1../s1. The lowest BCUT2D eigenvalue weighted by molar-refractivity contribution is -0.132. The number of hydrogen-bond donors (Lipinski definition) is 3. The lowest BCUT2D eigenvalue weighted by Crippen LogP contribution is -2.35. The Bertz CT molecular complexity index is 760. The Morgan fingerprint density at radius 3 is 2.36 bits per heavy atom. The molecule has 3 rings (SSSR count). The molecule has 1 aliphatic rings. The van der Waals surface area contributed by atoms with Crippen LogP contribution in [0, 0.1) is 0 Å². The maximum absolute atomic E-state index is 12.1. The van der Waals surface area contributed by atoms with Crippen LogP contribution in [0.1, 0.15) is 28.8 Å². The minimum atomic E-state index is -0.414. The number of pyridine rings is 1. The number of amides is 2. The maximum atomic E-state index is 12.1. The first-order chi connectivity index (χ1) is 12.7. The molecule has 1 aliphatic heterocycles. The van der Waals surface area contributed by atoms with E-state index in [9.17, 15) is 9.59 Å². The first kappa shape index (κ1) is 23.8. The van der Waals surface area contributed by atoms with Crippen molar-refractivity contribution in [1.82, 2.24) is 10.3 Å². The Balaban J connectivity index is 0.00000196. The van der Waals surface area contributed by atoms with Gasteiger partial charge in [-0.2, -0.15) is 0 Å². The first-order valence-corrected chi connectivity index (χ1v) is 8.59. The Morgan fingerprint density at radius 1 is 1.07 bits per heavy atom. The quantitative estimate of drug-likeness (QED) is 0.656. The van der Waals surface area contributed by atoms with Gasteiger partial charge in [-0.25, -0.2) is 0 Å². The fourth-order valence-corrected chi connectivity index (χ4v) is 2.79. The molecule has 152 valence electrons. The number of halogens is 2. The van der Waals surface area contributed by atoms with E-state index in [1.807, 2.05) is 12.1 Å². The second-order valence-electron chi connectivity index (χ2n) is 6.16. The summed E-state index contributed by atoms with van der Waals surface area (Å²) in [6, 6.07) is 10.6. The van der Waals surface area contributed by atoms with Crippen LogP contribution >= 0.6 is 24.8 Å². The maximum Gasteiger partial charge on any atom is 0.255 e. The molecule has 7 nitrogen and oxygen atoms in total. The Hall–Kier alpha value is -2.19. The van der Waals surface area contributed by atoms with Crippen molar-refractivity contribution in [1.29, 1.82) is 0 Å². The van der Waals surface area contributed by atoms with Gasteiger partial charge in [0.25, 0.3) is 5.91 Å². The second kappa shape index (κ2) is 11.6. The van der Waals surface area contributed by atoms with E-state index in [0.717, 1.165) is 12.0 Å². The molecule has 0 spiro atoms. The van der Waals surface area contributed by atoms with Crippen LogP contribution in [-0.4, -0.2) is 35.6 Å². The molecule has 9 heteroatoms. The van der Waals surface area contributed by atoms with Gasteiger partial charge in [-0.05, 0) is 42.7 Å². The van der Waals surface area contributed by atoms with E-state index in [2.05, 4.69) is 15.6 Å². The van der Waals surface area contributed by atoms with Crippen LogP contribution in [0.2, 0.25) is 0 Å². The van der Waals surface area contributed by atoms with Crippen LogP contribution < -0.4 is 16.4 Å². The average molecular weight is 427 g/mol. The van der Waals surface area contributed by atoms with Gasteiger partial charge in [-0.15, -0.1) is 24.8 Å². The van der Waals surface area contributed by atoms with E-state index >= 15 is 0 Å². The molecule has 0 saturated carbocycles. The molecule has 0 unspecified atom stereocenters. The number of nitrogens with two attached hydrogens (primary N) is 1. The summed E-state index contributed by atoms with van der Waals surface area (Å²) in [6.45, 7) is 0.848. The minimum absolute atomic E-state index is 0. The van der Waals surface area contributed by atoms with Crippen molar-refractivity contribution < 1.29 is 14.3 Å². The van der Waals surface area contributed by atoms with Crippen molar-refractivity contribution >= 4 is 42.3 Å². The summed E-state index contributed by atoms with van der Waals surface area (Å²) in [5, 5.41) is 5.69. The van der Waals surface area contributed by atoms with Crippen molar-refractivity contribution in [3.05, 3.63) is 59.9 Å². The largest absolute Gasteiger partial charge is 0.364 e. The van der Waals surface area contributed by atoms with Crippen molar-refractivity contribution in [3.63, 3.8) is 0 Å². The van der Waals surface area contributed by atoms with Crippen LogP contribution in [0.25, 0.3) is 0 Å². The number of ether oxygens (including phenoxy) is 1. The highest BCUT2D eigenvalue weighted by molar-refractivity contribution is 6.04. The van der Waals surface area contributed by atoms with Crippen LogP contribution in [0.3, 0.4) is 0 Å². The summed E-state index contributed by atoms with van der Waals surface area (Å²) >= 11 is 0. The molecule has 0 aliphatic carbocycles. The van der Waals surface area contributed by atoms with Gasteiger partial charge in [0.1, 0.15) is 6.10 Å². The van der Waals surface area contributed by atoms with Crippen LogP contribution in [0.15, 0.2) is 48.8 Å². The molecule has 1 aromatic carbocycles. The van der Waals surface area contributed by atoms with Crippen LogP contribution in [0.5, 0.6) is 0 Å². The molecule has 0 radical (unpaired) electrons. The zero-order valence-corrected chi connectivity index (χ0v) is 16.8. The predicted molar refractivity (Wildman–Crippen MR) is 112 cm³/mol. The third-order valence-electron chi connectivity index (χ3n) is 4.28. The fraction of sp³-hybridized carbons (Fsp3) is 0.316. The van der Waals surface area contributed by atoms with Gasteiger partial charge in [-0.1, -0.05) is 12.1 Å². The number of anilines is 1. The topological polar surface area (TPSA) is 106 Å². The number of aromatic nitrogens is 1. The number of benzene rings is 1. The van der Waals surface area contributed by atoms with Crippen LogP contribution in [0.4, 0.5) is 5.69 Å². The Labute approximate surface area is 176 Å². The number of carbonyl (C=O) groups excluding carboxylic acids is 2. The molecule has 28 heavy (non-hydrogen) atoms. The summed E-state index contributed by atoms with van der Waals surface area (Å²) in [6.07, 6.45) is 4.24. The second-order valence-corrected chi connectivity index (χ2v) is 6.16. The van der Waals surface area contributed by atoms with E-state index in [1.165, 1.54) is 0 Å². The van der Waals surface area contributed by atoms with E-state index in [4.69, 9.17) is 10.5 Å². The molecular formula is C19H24Cl2N4O3. The molecular weight excluding hydrogens is 403 g/mol. The highest BCUT2D eigenvalue weighted by atomic mass is 35.5. The lowest BCUT2D eigenvalue weighted by atomic mass is 10.1. The molecule has 2 atom stereocenters. The Kier molecular flexibility index (Phi) is 9.89. The zero-order chi connectivity index (χ0) is 18.4. The summed E-state index contributed by atoms with van der Waals surface area (Å²) in [5.41, 5.74) is 7.73. The lowest BCUT2D eigenvalue weighted by Gasteiger charge is -2.13.